The van der Waals surface area contributed by atoms with Crippen LogP contribution >= 0.6 is 0 Å². The fourth-order valence-electron chi connectivity index (χ4n) is 2.32. The summed E-state index contributed by atoms with van der Waals surface area (Å²) in [6.07, 6.45) is 6.03. The average molecular weight is 253 g/mol. The molecule has 0 heterocycles. The van der Waals surface area contributed by atoms with Crippen LogP contribution in [-0.4, -0.2) is 27.0 Å². The summed E-state index contributed by atoms with van der Waals surface area (Å²) in [5, 5.41) is 3.25. The topological polar surface area (TPSA) is 46.2 Å². The molecule has 0 bridgehead atoms. The molecule has 94 valence electrons. The Morgan fingerprint density at radius 1 is 1.24 bits per heavy atom. The van der Waals surface area contributed by atoms with Crippen LogP contribution in [0.3, 0.4) is 0 Å². The van der Waals surface area contributed by atoms with E-state index < -0.39 is 9.84 Å². The van der Waals surface area contributed by atoms with E-state index in [4.69, 9.17) is 0 Å². The van der Waals surface area contributed by atoms with Gasteiger partial charge in [0.1, 0.15) is 9.84 Å². The largest absolute Gasteiger partial charge is 0.384 e. The van der Waals surface area contributed by atoms with Crippen LogP contribution < -0.4 is 5.32 Å². The van der Waals surface area contributed by atoms with Gasteiger partial charge in [-0.3, -0.25) is 0 Å². The SMILES string of the molecule is CS(=O)(=O)CCNc1cccc2c1CCCC2. The van der Waals surface area contributed by atoms with Crippen LogP contribution in [0.15, 0.2) is 18.2 Å². The minimum Gasteiger partial charge on any atom is -0.384 e. The van der Waals surface area contributed by atoms with Crippen molar-refractivity contribution in [2.75, 3.05) is 23.9 Å². The standard InChI is InChI=1S/C13H19NO2S/c1-17(15,16)10-9-14-13-8-4-6-11-5-2-3-7-12(11)13/h4,6,8,14H,2-3,5,7,9-10H2,1H3. The number of nitrogens with one attached hydrogen (secondary N) is 1. The van der Waals surface area contributed by atoms with Gasteiger partial charge in [-0.05, 0) is 42.9 Å². The molecule has 0 aromatic heterocycles. The summed E-state index contributed by atoms with van der Waals surface area (Å²) in [5.74, 6) is 0.191. The molecule has 3 nitrogen and oxygen atoms in total. The van der Waals surface area contributed by atoms with E-state index in [1.807, 2.05) is 12.1 Å². The lowest BCUT2D eigenvalue weighted by atomic mass is 9.90. The summed E-state index contributed by atoms with van der Waals surface area (Å²) in [6.45, 7) is 0.495. The number of rotatable bonds is 4. The van der Waals surface area contributed by atoms with E-state index in [9.17, 15) is 8.42 Å². The molecule has 1 aliphatic carbocycles. The smallest absolute Gasteiger partial charge is 0.149 e. The molecule has 0 radical (unpaired) electrons. The third-order valence-corrected chi connectivity index (χ3v) is 4.13. The van der Waals surface area contributed by atoms with Crippen LogP contribution in [-0.2, 0) is 22.7 Å². The van der Waals surface area contributed by atoms with E-state index in [-0.39, 0.29) is 5.75 Å². The van der Waals surface area contributed by atoms with Crippen LogP contribution in [0, 0.1) is 0 Å². The molecule has 0 saturated carbocycles. The van der Waals surface area contributed by atoms with Gasteiger partial charge in [0.15, 0.2) is 0 Å². The lowest BCUT2D eigenvalue weighted by Gasteiger charge is -2.20. The maximum atomic E-state index is 11.1. The van der Waals surface area contributed by atoms with Gasteiger partial charge >= 0.3 is 0 Å². The van der Waals surface area contributed by atoms with Gasteiger partial charge in [-0.1, -0.05) is 12.1 Å². The van der Waals surface area contributed by atoms with E-state index >= 15 is 0 Å². The molecule has 0 aliphatic heterocycles. The van der Waals surface area contributed by atoms with Gasteiger partial charge in [0.05, 0.1) is 5.75 Å². The number of hydrogen-bond acceptors (Lipinski definition) is 3. The lowest BCUT2D eigenvalue weighted by Crippen LogP contribution is -2.16. The summed E-state index contributed by atoms with van der Waals surface area (Å²) < 4.78 is 22.1. The summed E-state index contributed by atoms with van der Waals surface area (Å²) in [4.78, 5) is 0. The quantitative estimate of drug-likeness (QED) is 0.893. The number of hydrogen-bond donors (Lipinski definition) is 1. The first-order valence-electron chi connectivity index (χ1n) is 6.08. The minimum absolute atomic E-state index is 0.191. The highest BCUT2D eigenvalue weighted by Crippen LogP contribution is 2.27. The van der Waals surface area contributed by atoms with Gasteiger partial charge in [-0.15, -0.1) is 0 Å². The zero-order chi connectivity index (χ0) is 12.3. The molecular weight excluding hydrogens is 234 g/mol. The van der Waals surface area contributed by atoms with Crippen LogP contribution in [0.2, 0.25) is 0 Å². The molecule has 0 saturated heterocycles. The van der Waals surface area contributed by atoms with Gasteiger partial charge in [-0.25, -0.2) is 8.42 Å². The predicted molar refractivity (Wildman–Crippen MR) is 71.3 cm³/mol. The monoisotopic (exact) mass is 253 g/mol. The van der Waals surface area contributed by atoms with Crippen molar-refractivity contribution in [1.82, 2.24) is 0 Å². The molecule has 0 amide bonds. The third kappa shape index (κ3) is 3.46. The molecule has 0 atom stereocenters. The van der Waals surface area contributed by atoms with Crippen molar-refractivity contribution < 1.29 is 8.42 Å². The number of sulfone groups is 1. The van der Waals surface area contributed by atoms with Crippen molar-refractivity contribution in [2.45, 2.75) is 25.7 Å². The number of anilines is 1. The second-order valence-corrected chi connectivity index (χ2v) is 6.97. The Bertz CT molecular complexity index is 494. The van der Waals surface area contributed by atoms with E-state index in [1.165, 1.54) is 30.2 Å². The van der Waals surface area contributed by atoms with E-state index in [0.717, 1.165) is 18.5 Å². The van der Waals surface area contributed by atoms with Crippen molar-refractivity contribution in [3.63, 3.8) is 0 Å². The van der Waals surface area contributed by atoms with Gasteiger partial charge in [0.2, 0.25) is 0 Å². The van der Waals surface area contributed by atoms with Crippen LogP contribution in [0.25, 0.3) is 0 Å². The Morgan fingerprint density at radius 2 is 2.00 bits per heavy atom. The van der Waals surface area contributed by atoms with Crippen molar-refractivity contribution in [3.05, 3.63) is 29.3 Å². The van der Waals surface area contributed by atoms with Gasteiger partial charge in [-0.2, -0.15) is 0 Å². The van der Waals surface area contributed by atoms with E-state index in [1.54, 1.807) is 0 Å². The highest BCUT2D eigenvalue weighted by molar-refractivity contribution is 7.90. The summed E-state index contributed by atoms with van der Waals surface area (Å²) in [6, 6.07) is 6.27. The molecule has 4 heteroatoms. The van der Waals surface area contributed by atoms with E-state index in [0.29, 0.717) is 6.54 Å². The van der Waals surface area contributed by atoms with Crippen LogP contribution in [0.4, 0.5) is 5.69 Å². The number of fused-ring (bicyclic) bond motifs is 1. The van der Waals surface area contributed by atoms with Crippen molar-refractivity contribution in [2.24, 2.45) is 0 Å². The summed E-state index contributed by atoms with van der Waals surface area (Å²) >= 11 is 0. The Morgan fingerprint density at radius 3 is 2.76 bits per heavy atom. The van der Waals surface area contributed by atoms with Gasteiger partial charge < -0.3 is 5.32 Å². The summed E-state index contributed by atoms with van der Waals surface area (Å²) in [7, 11) is -2.88. The molecule has 1 aromatic carbocycles. The Labute approximate surface area is 103 Å². The molecular formula is C13H19NO2S. The molecule has 2 rings (SSSR count). The first-order chi connectivity index (χ1) is 8.06. The van der Waals surface area contributed by atoms with Crippen LogP contribution in [0.5, 0.6) is 0 Å². The zero-order valence-corrected chi connectivity index (χ0v) is 11.0. The molecule has 1 aliphatic rings. The Kier molecular flexibility index (Phi) is 3.72. The second-order valence-electron chi connectivity index (χ2n) is 4.71. The van der Waals surface area contributed by atoms with Crippen molar-refractivity contribution in [3.8, 4) is 0 Å². The Balaban J connectivity index is 2.06. The zero-order valence-electron chi connectivity index (χ0n) is 10.2. The first kappa shape index (κ1) is 12.4. The fraction of sp³-hybridized carbons (Fsp3) is 0.538. The maximum Gasteiger partial charge on any atom is 0.149 e. The first-order valence-corrected chi connectivity index (χ1v) is 8.15. The van der Waals surface area contributed by atoms with Crippen LogP contribution in [0.1, 0.15) is 24.0 Å². The highest BCUT2D eigenvalue weighted by atomic mass is 32.2. The van der Waals surface area contributed by atoms with Crippen molar-refractivity contribution in [1.29, 1.82) is 0 Å². The molecule has 17 heavy (non-hydrogen) atoms. The number of benzene rings is 1. The normalized spacial score (nSPS) is 15.4. The lowest BCUT2D eigenvalue weighted by molar-refractivity contribution is 0.602. The predicted octanol–water partition coefficient (Wildman–Crippen LogP) is 2.02. The van der Waals surface area contributed by atoms with Gasteiger partial charge in [0.25, 0.3) is 0 Å². The third-order valence-electron chi connectivity index (χ3n) is 3.18. The highest BCUT2D eigenvalue weighted by Gasteiger charge is 2.12. The second kappa shape index (κ2) is 5.08. The fourth-order valence-corrected chi connectivity index (χ4v) is 2.79. The molecule has 1 aromatic rings. The minimum atomic E-state index is -2.88. The van der Waals surface area contributed by atoms with Crippen molar-refractivity contribution >= 4 is 15.5 Å². The number of aryl methyl sites for hydroxylation is 1. The maximum absolute atomic E-state index is 11.1. The van der Waals surface area contributed by atoms with Gasteiger partial charge in [0, 0.05) is 18.5 Å². The summed E-state index contributed by atoms with van der Waals surface area (Å²) in [5.41, 5.74) is 3.92. The average Bonchev–Trinajstić information content (AvgIpc) is 2.28. The molecule has 0 unspecified atom stereocenters. The molecule has 0 fully saturated rings. The molecule has 1 N–H and O–H groups in total. The molecule has 0 spiro atoms. The Hall–Kier alpha value is -1.03. The van der Waals surface area contributed by atoms with E-state index in [2.05, 4.69) is 11.4 Å².